The second kappa shape index (κ2) is 5.39. The minimum atomic E-state index is 0.293. The van der Waals surface area contributed by atoms with Crippen LogP contribution >= 0.6 is 11.3 Å². The van der Waals surface area contributed by atoms with Crippen LogP contribution in [0.4, 0.5) is 0 Å². The van der Waals surface area contributed by atoms with Crippen LogP contribution in [-0.4, -0.2) is 28.3 Å². The number of benzene rings is 1. The van der Waals surface area contributed by atoms with E-state index in [0.717, 1.165) is 30.0 Å². The maximum Gasteiger partial charge on any atom is 0.131 e. The zero-order chi connectivity index (χ0) is 13.2. The van der Waals surface area contributed by atoms with Crippen molar-refractivity contribution in [2.24, 2.45) is 0 Å². The zero-order valence-electron chi connectivity index (χ0n) is 11.1. The summed E-state index contributed by atoms with van der Waals surface area (Å²) in [6.45, 7) is 3.67. The molecule has 1 aliphatic rings. The molecular formula is C15H18N2OS. The quantitative estimate of drug-likeness (QED) is 0.858. The van der Waals surface area contributed by atoms with Crippen molar-refractivity contribution in [2.45, 2.75) is 38.8 Å². The van der Waals surface area contributed by atoms with E-state index < -0.39 is 0 Å². The second-order valence-electron chi connectivity index (χ2n) is 5.25. The Bertz CT molecular complexity index is 560. The molecule has 2 heterocycles. The third-order valence-corrected chi connectivity index (χ3v) is 4.72. The lowest BCUT2D eigenvalue weighted by Gasteiger charge is -2.22. The van der Waals surface area contributed by atoms with Crippen molar-refractivity contribution in [3.63, 3.8) is 0 Å². The highest BCUT2D eigenvalue weighted by molar-refractivity contribution is 7.18. The average Bonchev–Trinajstić information content (AvgIpc) is 2.95. The Labute approximate surface area is 117 Å². The van der Waals surface area contributed by atoms with Gasteiger partial charge in [0.05, 0.1) is 16.8 Å². The maximum atomic E-state index is 11.3. The molecule has 3 nitrogen and oxygen atoms in total. The smallest absolute Gasteiger partial charge is 0.131 e. The van der Waals surface area contributed by atoms with E-state index in [-0.39, 0.29) is 0 Å². The highest BCUT2D eigenvalue weighted by Crippen LogP contribution is 2.27. The predicted octanol–water partition coefficient (Wildman–Crippen LogP) is 3.24. The number of hydrogen-bond donors (Lipinski definition) is 0. The summed E-state index contributed by atoms with van der Waals surface area (Å²) in [5, 5.41) is 1.16. The van der Waals surface area contributed by atoms with Crippen LogP contribution in [0.3, 0.4) is 0 Å². The van der Waals surface area contributed by atoms with Crippen LogP contribution in [0.25, 0.3) is 10.2 Å². The van der Waals surface area contributed by atoms with Crippen molar-refractivity contribution < 1.29 is 4.79 Å². The number of nitrogens with zero attached hydrogens (tertiary/aromatic N) is 2. The molecule has 0 amide bonds. The summed E-state index contributed by atoms with van der Waals surface area (Å²) in [5.74, 6) is 0.293. The Kier molecular flexibility index (Phi) is 3.62. The van der Waals surface area contributed by atoms with Gasteiger partial charge in [-0.05, 0) is 38.4 Å². The van der Waals surface area contributed by atoms with Crippen LogP contribution < -0.4 is 0 Å². The number of para-hydroxylation sites is 1. The van der Waals surface area contributed by atoms with Crippen molar-refractivity contribution in [1.82, 2.24) is 9.88 Å². The first-order valence-corrected chi connectivity index (χ1v) is 7.62. The summed E-state index contributed by atoms with van der Waals surface area (Å²) in [6, 6.07) is 8.68. The van der Waals surface area contributed by atoms with Crippen molar-refractivity contribution in [1.29, 1.82) is 0 Å². The molecule has 1 atom stereocenters. The number of thiazole rings is 1. The molecular weight excluding hydrogens is 256 g/mol. The fourth-order valence-corrected chi connectivity index (χ4v) is 3.82. The normalized spacial score (nSPS) is 20.2. The summed E-state index contributed by atoms with van der Waals surface area (Å²) < 4.78 is 1.25. The molecule has 4 heteroatoms. The maximum absolute atomic E-state index is 11.3. The number of aromatic nitrogens is 1. The van der Waals surface area contributed by atoms with Gasteiger partial charge in [0.15, 0.2) is 0 Å². The van der Waals surface area contributed by atoms with E-state index in [1.54, 1.807) is 18.3 Å². The number of ketones is 1. The van der Waals surface area contributed by atoms with Crippen LogP contribution in [0.15, 0.2) is 24.3 Å². The zero-order valence-corrected chi connectivity index (χ0v) is 11.9. The minimum Gasteiger partial charge on any atom is -0.300 e. The van der Waals surface area contributed by atoms with E-state index >= 15 is 0 Å². The minimum absolute atomic E-state index is 0.293. The van der Waals surface area contributed by atoms with Crippen molar-refractivity contribution in [3.05, 3.63) is 29.3 Å². The third kappa shape index (κ3) is 2.85. The number of carbonyl (C=O) groups is 1. The Balaban J connectivity index is 1.74. The fraction of sp³-hybridized carbons (Fsp3) is 0.467. The summed E-state index contributed by atoms with van der Waals surface area (Å²) in [5.41, 5.74) is 1.09. The molecule has 0 aliphatic carbocycles. The van der Waals surface area contributed by atoms with Crippen molar-refractivity contribution >= 4 is 27.3 Å². The Morgan fingerprint density at radius 3 is 3.11 bits per heavy atom. The van der Waals surface area contributed by atoms with E-state index in [9.17, 15) is 4.79 Å². The highest BCUT2D eigenvalue weighted by atomic mass is 32.1. The third-order valence-electron chi connectivity index (χ3n) is 3.70. The number of likely N-dealkylation sites (tertiary alicyclic amines) is 1. The molecule has 2 aromatic rings. The first-order valence-electron chi connectivity index (χ1n) is 6.80. The topological polar surface area (TPSA) is 33.2 Å². The number of Topliss-reactive ketones (excluding diaryl/α,β-unsaturated/α-hetero) is 1. The van der Waals surface area contributed by atoms with E-state index in [1.165, 1.54) is 11.1 Å². The Hall–Kier alpha value is -1.26. The molecule has 19 heavy (non-hydrogen) atoms. The molecule has 1 aromatic carbocycles. The summed E-state index contributed by atoms with van der Waals surface area (Å²) in [4.78, 5) is 18.4. The van der Waals surface area contributed by atoms with Gasteiger partial charge in [-0.15, -0.1) is 11.3 Å². The Morgan fingerprint density at radius 1 is 1.47 bits per heavy atom. The SMILES string of the molecule is CC(=O)CC1CCCN1Cc1nc2ccccc2s1. The molecule has 0 radical (unpaired) electrons. The Morgan fingerprint density at radius 2 is 2.32 bits per heavy atom. The van der Waals surface area contributed by atoms with Gasteiger partial charge in [0.1, 0.15) is 10.8 Å². The van der Waals surface area contributed by atoms with Crippen LogP contribution in [-0.2, 0) is 11.3 Å². The number of carbonyl (C=O) groups excluding carboxylic acids is 1. The molecule has 0 spiro atoms. The van der Waals surface area contributed by atoms with Crippen LogP contribution in [0.2, 0.25) is 0 Å². The molecule has 0 bridgehead atoms. The van der Waals surface area contributed by atoms with Gasteiger partial charge in [0.25, 0.3) is 0 Å². The van der Waals surface area contributed by atoms with Gasteiger partial charge in [0, 0.05) is 12.5 Å². The molecule has 3 rings (SSSR count). The van der Waals surface area contributed by atoms with Gasteiger partial charge < -0.3 is 0 Å². The van der Waals surface area contributed by atoms with Gasteiger partial charge in [-0.1, -0.05) is 12.1 Å². The average molecular weight is 274 g/mol. The molecule has 0 saturated carbocycles. The van der Waals surface area contributed by atoms with E-state index in [0.29, 0.717) is 18.2 Å². The lowest BCUT2D eigenvalue weighted by molar-refractivity contribution is -0.118. The van der Waals surface area contributed by atoms with Crippen LogP contribution in [0, 0.1) is 0 Å². The first-order chi connectivity index (χ1) is 9.22. The fourth-order valence-electron chi connectivity index (χ4n) is 2.83. The van der Waals surface area contributed by atoms with E-state index in [1.807, 2.05) is 6.07 Å². The number of rotatable bonds is 4. The van der Waals surface area contributed by atoms with Gasteiger partial charge >= 0.3 is 0 Å². The first kappa shape index (κ1) is 12.8. The van der Waals surface area contributed by atoms with Crippen molar-refractivity contribution in [2.75, 3.05) is 6.54 Å². The monoisotopic (exact) mass is 274 g/mol. The molecule has 1 aromatic heterocycles. The van der Waals surface area contributed by atoms with E-state index in [2.05, 4.69) is 28.1 Å². The largest absolute Gasteiger partial charge is 0.300 e. The number of hydrogen-bond acceptors (Lipinski definition) is 4. The lowest BCUT2D eigenvalue weighted by Crippen LogP contribution is -2.30. The highest BCUT2D eigenvalue weighted by Gasteiger charge is 2.26. The predicted molar refractivity (Wildman–Crippen MR) is 78.4 cm³/mol. The van der Waals surface area contributed by atoms with E-state index in [4.69, 9.17) is 0 Å². The van der Waals surface area contributed by atoms with Gasteiger partial charge in [-0.25, -0.2) is 4.98 Å². The molecule has 100 valence electrons. The summed E-state index contributed by atoms with van der Waals surface area (Å²) >= 11 is 1.77. The number of fused-ring (bicyclic) bond motifs is 1. The summed E-state index contributed by atoms with van der Waals surface area (Å²) in [6.07, 6.45) is 3.03. The van der Waals surface area contributed by atoms with Crippen LogP contribution in [0.1, 0.15) is 31.2 Å². The molecule has 1 aliphatic heterocycles. The van der Waals surface area contributed by atoms with Gasteiger partial charge in [-0.3, -0.25) is 9.69 Å². The molecule has 1 unspecified atom stereocenters. The van der Waals surface area contributed by atoms with Gasteiger partial charge in [-0.2, -0.15) is 0 Å². The van der Waals surface area contributed by atoms with Crippen molar-refractivity contribution in [3.8, 4) is 0 Å². The lowest BCUT2D eigenvalue weighted by atomic mass is 10.1. The second-order valence-corrected chi connectivity index (χ2v) is 6.36. The van der Waals surface area contributed by atoms with Crippen LogP contribution in [0.5, 0.6) is 0 Å². The van der Waals surface area contributed by atoms with Gasteiger partial charge in [0.2, 0.25) is 0 Å². The molecule has 1 saturated heterocycles. The molecule has 1 fully saturated rings. The standard InChI is InChI=1S/C15H18N2OS/c1-11(18)9-12-5-4-8-17(12)10-15-16-13-6-2-3-7-14(13)19-15/h2-3,6-7,12H,4-5,8-10H2,1H3. The summed E-state index contributed by atoms with van der Waals surface area (Å²) in [7, 11) is 0. The molecule has 0 N–H and O–H groups in total.